The average Bonchev–Trinajstić information content (AvgIpc) is 3.45. The lowest BCUT2D eigenvalue weighted by Crippen LogP contribution is -2.49. The van der Waals surface area contributed by atoms with Gasteiger partial charge in [0, 0.05) is 63.2 Å². The summed E-state index contributed by atoms with van der Waals surface area (Å²) in [6.45, 7) is 9.29. The number of aryl methyl sites for hydroxylation is 1. The van der Waals surface area contributed by atoms with E-state index in [9.17, 15) is 0 Å². The van der Waals surface area contributed by atoms with Crippen LogP contribution in [0.5, 0.6) is 0 Å². The van der Waals surface area contributed by atoms with E-state index in [0.29, 0.717) is 0 Å². The van der Waals surface area contributed by atoms with Gasteiger partial charge in [0.1, 0.15) is 0 Å². The molecule has 5 rings (SSSR count). The largest absolute Gasteiger partial charge is 0.311 e. The van der Waals surface area contributed by atoms with Gasteiger partial charge in [0.25, 0.3) is 0 Å². The van der Waals surface area contributed by atoms with Crippen LogP contribution in [-0.2, 0) is 6.54 Å². The van der Waals surface area contributed by atoms with Gasteiger partial charge in [-0.05, 0) is 59.5 Å². The van der Waals surface area contributed by atoms with Crippen molar-refractivity contribution in [2.45, 2.75) is 19.5 Å². The molecular formula is C30H34ClN5. The highest BCUT2D eigenvalue weighted by Gasteiger charge is 2.26. The van der Waals surface area contributed by atoms with E-state index in [1.54, 1.807) is 0 Å². The maximum atomic E-state index is 6.18. The third-order valence-electron chi connectivity index (χ3n) is 6.90. The van der Waals surface area contributed by atoms with Gasteiger partial charge >= 0.3 is 0 Å². The van der Waals surface area contributed by atoms with Gasteiger partial charge in [-0.2, -0.15) is 5.10 Å². The highest BCUT2D eigenvalue weighted by Crippen LogP contribution is 2.30. The molecule has 0 saturated carbocycles. The number of hydrogen-bond donors (Lipinski definition) is 1. The second-order valence-corrected chi connectivity index (χ2v) is 9.98. The van der Waals surface area contributed by atoms with E-state index in [4.69, 9.17) is 11.6 Å². The Hall–Kier alpha value is -2.96. The molecule has 5 nitrogen and oxygen atoms in total. The van der Waals surface area contributed by atoms with Crippen LogP contribution < -0.4 is 5.32 Å². The molecule has 4 aromatic rings. The Balaban J connectivity index is 1.13. The van der Waals surface area contributed by atoms with Gasteiger partial charge in [0.15, 0.2) is 0 Å². The molecule has 1 aromatic heterocycles. The Labute approximate surface area is 219 Å². The summed E-state index contributed by atoms with van der Waals surface area (Å²) < 4.78 is 1.92. The summed E-state index contributed by atoms with van der Waals surface area (Å²) in [5.74, 6) is 0. The molecule has 0 spiro atoms. The van der Waals surface area contributed by atoms with Gasteiger partial charge < -0.3 is 5.32 Å². The Bertz CT molecular complexity index is 1220. The molecule has 186 valence electrons. The Morgan fingerprint density at radius 3 is 2.36 bits per heavy atom. The van der Waals surface area contributed by atoms with Crippen molar-refractivity contribution in [1.82, 2.24) is 24.9 Å². The monoisotopic (exact) mass is 499 g/mol. The SMILES string of the molecule is Cc1cc(CNCCN2CCN(C(c3ccccc3)c3ccc(Cl)cc3)CC2)cc(-n2cccn2)c1. The van der Waals surface area contributed by atoms with Crippen LogP contribution in [0, 0.1) is 6.92 Å². The van der Waals surface area contributed by atoms with Gasteiger partial charge in [0.2, 0.25) is 0 Å². The van der Waals surface area contributed by atoms with E-state index >= 15 is 0 Å². The first-order valence-electron chi connectivity index (χ1n) is 12.7. The molecule has 0 radical (unpaired) electrons. The van der Waals surface area contributed by atoms with Gasteiger partial charge in [-0.1, -0.05) is 60.1 Å². The Kier molecular flexibility index (Phi) is 8.14. The predicted octanol–water partition coefficient (Wildman–Crippen LogP) is 5.33. The molecule has 1 atom stereocenters. The van der Waals surface area contributed by atoms with Gasteiger partial charge in [-0.3, -0.25) is 9.80 Å². The molecule has 6 heteroatoms. The highest BCUT2D eigenvalue weighted by molar-refractivity contribution is 6.30. The fraction of sp³-hybridized carbons (Fsp3) is 0.300. The first-order valence-corrected chi connectivity index (χ1v) is 13.1. The molecule has 1 aliphatic heterocycles. The number of nitrogens with one attached hydrogen (secondary N) is 1. The van der Waals surface area contributed by atoms with Crippen LogP contribution in [0.4, 0.5) is 0 Å². The zero-order valence-corrected chi connectivity index (χ0v) is 21.6. The molecule has 0 aliphatic carbocycles. The predicted molar refractivity (Wildman–Crippen MR) is 148 cm³/mol. The van der Waals surface area contributed by atoms with Crippen molar-refractivity contribution in [1.29, 1.82) is 0 Å². The van der Waals surface area contributed by atoms with Crippen molar-refractivity contribution in [3.05, 3.63) is 119 Å². The standard InChI is InChI=1S/C30H34ClN5/c1-24-20-25(22-29(21-24)36-14-5-12-33-36)23-32-13-15-34-16-18-35(19-17-34)30(26-6-3-2-4-7-26)27-8-10-28(31)11-9-27/h2-12,14,20-22,30,32H,13,15-19,23H2,1H3. The number of benzene rings is 3. The number of piperazine rings is 1. The Morgan fingerprint density at radius 2 is 1.64 bits per heavy atom. The van der Waals surface area contributed by atoms with Gasteiger partial charge in [0.05, 0.1) is 11.7 Å². The molecule has 1 N–H and O–H groups in total. The minimum atomic E-state index is 0.258. The maximum absolute atomic E-state index is 6.18. The van der Waals surface area contributed by atoms with Crippen molar-refractivity contribution in [2.24, 2.45) is 0 Å². The molecule has 0 bridgehead atoms. The van der Waals surface area contributed by atoms with E-state index in [1.807, 2.05) is 35.3 Å². The van der Waals surface area contributed by atoms with Crippen molar-refractivity contribution >= 4 is 11.6 Å². The number of nitrogens with zero attached hydrogens (tertiary/aromatic N) is 4. The number of halogens is 1. The van der Waals surface area contributed by atoms with Crippen molar-refractivity contribution in [2.75, 3.05) is 39.3 Å². The van der Waals surface area contributed by atoms with E-state index < -0.39 is 0 Å². The number of hydrogen-bond acceptors (Lipinski definition) is 4. The van der Waals surface area contributed by atoms with Crippen LogP contribution in [0.2, 0.25) is 5.02 Å². The van der Waals surface area contributed by atoms with E-state index in [1.165, 1.54) is 22.3 Å². The fourth-order valence-corrected chi connectivity index (χ4v) is 5.23. The van der Waals surface area contributed by atoms with Crippen molar-refractivity contribution in [3.8, 4) is 5.69 Å². The summed E-state index contributed by atoms with van der Waals surface area (Å²) in [4.78, 5) is 5.17. The molecule has 1 unspecified atom stereocenters. The second-order valence-electron chi connectivity index (χ2n) is 9.55. The molecule has 1 fully saturated rings. The smallest absolute Gasteiger partial charge is 0.0651 e. The quantitative estimate of drug-likeness (QED) is 0.316. The molecular weight excluding hydrogens is 466 g/mol. The zero-order valence-electron chi connectivity index (χ0n) is 20.9. The Morgan fingerprint density at radius 1 is 0.889 bits per heavy atom. The summed E-state index contributed by atoms with van der Waals surface area (Å²) in [6, 6.07) is 28.0. The fourth-order valence-electron chi connectivity index (χ4n) is 5.11. The van der Waals surface area contributed by atoms with E-state index in [-0.39, 0.29) is 6.04 Å². The average molecular weight is 500 g/mol. The van der Waals surface area contributed by atoms with Crippen LogP contribution in [0.1, 0.15) is 28.3 Å². The highest BCUT2D eigenvalue weighted by atomic mass is 35.5. The minimum absolute atomic E-state index is 0.258. The van der Waals surface area contributed by atoms with E-state index in [0.717, 1.165) is 56.5 Å². The first kappa shape index (κ1) is 24.7. The molecule has 1 saturated heterocycles. The molecule has 3 aromatic carbocycles. The third-order valence-corrected chi connectivity index (χ3v) is 7.15. The lowest BCUT2D eigenvalue weighted by Gasteiger charge is -2.40. The summed E-state index contributed by atoms with van der Waals surface area (Å²) in [6.07, 6.45) is 3.80. The van der Waals surface area contributed by atoms with Crippen LogP contribution in [0.15, 0.2) is 91.3 Å². The molecule has 1 aliphatic rings. The lowest BCUT2D eigenvalue weighted by molar-refractivity contribution is 0.110. The molecule has 0 amide bonds. The van der Waals surface area contributed by atoms with Gasteiger partial charge in [-0.15, -0.1) is 0 Å². The minimum Gasteiger partial charge on any atom is -0.311 e. The normalized spacial score (nSPS) is 15.7. The molecule has 36 heavy (non-hydrogen) atoms. The molecule has 2 heterocycles. The lowest BCUT2D eigenvalue weighted by atomic mass is 9.96. The first-order chi connectivity index (χ1) is 17.7. The van der Waals surface area contributed by atoms with Gasteiger partial charge in [-0.25, -0.2) is 4.68 Å². The van der Waals surface area contributed by atoms with Crippen molar-refractivity contribution < 1.29 is 0 Å². The van der Waals surface area contributed by atoms with Crippen LogP contribution in [-0.4, -0.2) is 58.8 Å². The van der Waals surface area contributed by atoms with E-state index in [2.05, 4.69) is 87.8 Å². The summed E-state index contributed by atoms with van der Waals surface area (Å²) in [5, 5.41) is 8.79. The summed E-state index contributed by atoms with van der Waals surface area (Å²) >= 11 is 6.18. The number of rotatable bonds is 9. The maximum Gasteiger partial charge on any atom is 0.0651 e. The summed E-state index contributed by atoms with van der Waals surface area (Å²) in [5.41, 5.74) is 6.29. The van der Waals surface area contributed by atoms with Crippen LogP contribution in [0.3, 0.4) is 0 Å². The van der Waals surface area contributed by atoms with Crippen molar-refractivity contribution in [3.63, 3.8) is 0 Å². The van der Waals surface area contributed by atoms with Crippen LogP contribution in [0.25, 0.3) is 5.69 Å². The summed E-state index contributed by atoms with van der Waals surface area (Å²) in [7, 11) is 0. The third kappa shape index (κ3) is 6.23. The second kappa shape index (κ2) is 11.8. The number of aromatic nitrogens is 2. The topological polar surface area (TPSA) is 36.3 Å². The van der Waals surface area contributed by atoms with Crippen LogP contribution >= 0.6 is 11.6 Å². The zero-order chi connectivity index (χ0) is 24.7.